The first-order chi connectivity index (χ1) is 9.93. The molecule has 2 heterocycles. The summed E-state index contributed by atoms with van der Waals surface area (Å²) in [5, 5.41) is 10.9. The van der Waals surface area contributed by atoms with Crippen molar-refractivity contribution in [1.82, 2.24) is 15.2 Å². The Labute approximate surface area is 119 Å². The van der Waals surface area contributed by atoms with Gasteiger partial charge in [-0.1, -0.05) is 6.92 Å². The molecule has 0 aromatic carbocycles. The van der Waals surface area contributed by atoms with Gasteiger partial charge in [0.1, 0.15) is 18.3 Å². The summed E-state index contributed by atoms with van der Waals surface area (Å²) in [5.41, 5.74) is -0.0630. The second-order valence-electron chi connectivity index (χ2n) is 4.51. The molecule has 2 N–H and O–H groups in total. The molecule has 1 fully saturated rings. The number of hydrogen-bond donors (Lipinski definition) is 2. The van der Waals surface area contributed by atoms with Gasteiger partial charge in [0.15, 0.2) is 0 Å². The summed E-state index contributed by atoms with van der Waals surface area (Å²) in [6.07, 6.45) is 1.49. The second-order valence-corrected chi connectivity index (χ2v) is 4.51. The van der Waals surface area contributed by atoms with E-state index < -0.39 is 29.7 Å². The third-order valence-corrected chi connectivity index (χ3v) is 3.13. The van der Waals surface area contributed by atoms with Gasteiger partial charge in [0, 0.05) is 6.20 Å². The monoisotopic (exact) mass is 291 g/mol. The molecule has 8 nitrogen and oxygen atoms in total. The van der Waals surface area contributed by atoms with Gasteiger partial charge in [0.2, 0.25) is 11.8 Å². The van der Waals surface area contributed by atoms with Crippen LogP contribution < -0.4 is 5.32 Å². The van der Waals surface area contributed by atoms with Gasteiger partial charge in [0.25, 0.3) is 5.91 Å². The molecule has 0 spiro atoms. The predicted molar refractivity (Wildman–Crippen MR) is 69.5 cm³/mol. The van der Waals surface area contributed by atoms with Crippen LogP contribution in [-0.2, 0) is 9.59 Å². The summed E-state index contributed by atoms with van der Waals surface area (Å²) >= 11 is 0. The lowest BCUT2D eigenvalue weighted by Gasteiger charge is -2.33. The highest BCUT2D eigenvalue weighted by Gasteiger charge is 2.35. The van der Waals surface area contributed by atoms with Crippen LogP contribution in [0.2, 0.25) is 0 Å². The van der Waals surface area contributed by atoms with Crippen molar-refractivity contribution in [3.63, 3.8) is 0 Å². The van der Waals surface area contributed by atoms with E-state index in [-0.39, 0.29) is 17.8 Å². The average Bonchev–Trinajstić information content (AvgIpc) is 2.46. The fraction of sp³-hybridized carbons (Fsp3) is 0.308. The maximum atomic E-state index is 12.3. The molecule has 1 aromatic rings. The lowest BCUT2D eigenvalue weighted by molar-refractivity contribution is -0.138. The molecule has 1 aliphatic rings. The van der Waals surface area contributed by atoms with E-state index >= 15 is 0 Å². The number of imide groups is 1. The quantitative estimate of drug-likeness (QED) is 0.736. The summed E-state index contributed by atoms with van der Waals surface area (Å²) in [7, 11) is 0. The first kappa shape index (κ1) is 14.6. The minimum atomic E-state index is -1.20. The van der Waals surface area contributed by atoms with E-state index in [2.05, 4.69) is 10.3 Å². The van der Waals surface area contributed by atoms with Gasteiger partial charge in [0.05, 0.1) is 5.56 Å². The average molecular weight is 291 g/mol. The Morgan fingerprint density at radius 3 is 2.67 bits per heavy atom. The van der Waals surface area contributed by atoms with Crippen molar-refractivity contribution in [3.8, 4) is 0 Å². The highest BCUT2D eigenvalue weighted by atomic mass is 16.4. The van der Waals surface area contributed by atoms with E-state index in [1.807, 2.05) is 0 Å². The number of carboxylic acids is 1. The van der Waals surface area contributed by atoms with E-state index in [1.54, 1.807) is 6.92 Å². The number of hydrogen-bond acceptors (Lipinski definition) is 5. The largest absolute Gasteiger partial charge is 0.477 e. The molecule has 1 unspecified atom stereocenters. The van der Waals surface area contributed by atoms with Crippen molar-refractivity contribution in [1.29, 1.82) is 0 Å². The summed E-state index contributed by atoms with van der Waals surface area (Å²) in [6.45, 7) is 1.51. The Bertz CT molecular complexity index is 611. The second kappa shape index (κ2) is 5.70. The number of nitrogens with zero attached hydrogens (tertiary/aromatic N) is 2. The molecule has 1 atom stereocenters. The van der Waals surface area contributed by atoms with Crippen LogP contribution in [0, 0.1) is 0 Å². The van der Waals surface area contributed by atoms with Crippen molar-refractivity contribution >= 4 is 23.7 Å². The molecule has 0 saturated carbocycles. The number of nitrogens with one attached hydrogen (secondary N) is 1. The molecule has 1 aliphatic heterocycles. The molecule has 1 saturated heterocycles. The molecule has 3 amide bonds. The number of piperazine rings is 1. The Morgan fingerprint density at radius 2 is 2.14 bits per heavy atom. The van der Waals surface area contributed by atoms with Crippen molar-refractivity contribution in [3.05, 3.63) is 29.6 Å². The van der Waals surface area contributed by atoms with Gasteiger partial charge < -0.3 is 10.0 Å². The van der Waals surface area contributed by atoms with Crippen LogP contribution in [0.1, 0.15) is 34.2 Å². The van der Waals surface area contributed by atoms with Gasteiger partial charge in [-0.2, -0.15) is 0 Å². The van der Waals surface area contributed by atoms with Crippen LogP contribution in [-0.4, -0.2) is 51.3 Å². The van der Waals surface area contributed by atoms with Gasteiger partial charge in [-0.05, 0) is 18.6 Å². The minimum Gasteiger partial charge on any atom is -0.477 e. The molecular weight excluding hydrogens is 278 g/mol. The van der Waals surface area contributed by atoms with Crippen LogP contribution in [0.25, 0.3) is 0 Å². The molecule has 110 valence electrons. The van der Waals surface area contributed by atoms with Crippen LogP contribution in [0.5, 0.6) is 0 Å². The normalized spacial score (nSPS) is 18.3. The maximum absolute atomic E-state index is 12.3. The third-order valence-electron chi connectivity index (χ3n) is 3.13. The highest BCUT2D eigenvalue weighted by Crippen LogP contribution is 2.14. The van der Waals surface area contributed by atoms with Crippen molar-refractivity contribution in [2.24, 2.45) is 0 Å². The number of carbonyl (C=O) groups is 4. The Kier molecular flexibility index (Phi) is 3.97. The standard InChI is InChI=1S/C13H13N3O5/c1-2-9-11(18)15-10(17)6-16(9)12(19)7-3-4-8(13(20)21)14-5-7/h3-5,9H,2,6H2,1H3,(H,20,21)(H,15,17,18). The van der Waals surface area contributed by atoms with Crippen LogP contribution in [0.4, 0.5) is 0 Å². The lowest BCUT2D eigenvalue weighted by atomic mass is 10.1. The van der Waals surface area contributed by atoms with Crippen LogP contribution in [0.3, 0.4) is 0 Å². The molecule has 2 rings (SSSR count). The number of rotatable bonds is 3. The number of pyridine rings is 1. The van der Waals surface area contributed by atoms with Crippen LogP contribution in [0.15, 0.2) is 18.3 Å². The van der Waals surface area contributed by atoms with E-state index in [0.29, 0.717) is 6.42 Å². The van der Waals surface area contributed by atoms with Gasteiger partial charge in [-0.3, -0.25) is 19.7 Å². The number of aromatic carboxylic acids is 1. The molecule has 0 radical (unpaired) electrons. The SMILES string of the molecule is CCC1C(=O)NC(=O)CN1C(=O)c1ccc(C(=O)O)nc1. The predicted octanol–water partition coefficient (Wildman–Crippen LogP) is -0.343. The van der Waals surface area contributed by atoms with Gasteiger partial charge >= 0.3 is 5.97 Å². The van der Waals surface area contributed by atoms with Crippen molar-refractivity contribution in [2.45, 2.75) is 19.4 Å². The van der Waals surface area contributed by atoms with Crippen molar-refractivity contribution in [2.75, 3.05) is 6.54 Å². The summed E-state index contributed by atoms with van der Waals surface area (Å²) in [6, 6.07) is 1.78. The van der Waals surface area contributed by atoms with E-state index in [1.165, 1.54) is 17.0 Å². The zero-order valence-electron chi connectivity index (χ0n) is 11.2. The molecule has 1 aromatic heterocycles. The first-order valence-corrected chi connectivity index (χ1v) is 6.28. The molecule has 0 aliphatic carbocycles. The van der Waals surface area contributed by atoms with Gasteiger partial charge in [-0.15, -0.1) is 0 Å². The number of carbonyl (C=O) groups excluding carboxylic acids is 3. The lowest BCUT2D eigenvalue weighted by Crippen LogP contribution is -2.59. The number of aromatic nitrogens is 1. The van der Waals surface area contributed by atoms with E-state index in [0.717, 1.165) is 6.20 Å². The fourth-order valence-electron chi connectivity index (χ4n) is 2.10. The minimum absolute atomic E-state index is 0.126. The molecule has 21 heavy (non-hydrogen) atoms. The number of carboxylic acid groups (broad SMARTS) is 1. The summed E-state index contributed by atoms with van der Waals surface area (Å²) in [4.78, 5) is 51.0. The van der Waals surface area contributed by atoms with Crippen molar-refractivity contribution < 1.29 is 24.3 Å². The molecule has 0 bridgehead atoms. The maximum Gasteiger partial charge on any atom is 0.354 e. The Hall–Kier alpha value is -2.77. The zero-order chi connectivity index (χ0) is 15.6. The first-order valence-electron chi connectivity index (χ1n) is 6.28. The van der Waals surface area contributed by atoms with Crippen LogP contribution >= 0.6 is 0 Å². The fourth-order valence-corrected chi connectivity index (χ4v) is 2.10. The van der Waals surface area contributed by atoms with E-state index in [9.17, 15) is 19.2 Å². The molecule has 8 heteroatoms. The Balaban J connectivity index is 2.26. The highest BCUT2D eigenvalue weighted by molar-refractivity contribution is 6.07. The Morgan fingerprint density at radius 1 is 1.43 bits per heavy atom. The smallest absolute Gasteiger partial charge is 0.354 e. The zero-order valence-corrected chi connectivity index (χ0v) is 11.2. The number of amides is 3. The molecular formula is C13H13N3O5. The van der Waals surface area contributed by atoms with E-state index in [4.69, 9.17) is 5.11 Å². The summed E-state index contributed by atoms with van der Waals surface area (Å²) < 4.78 is 0. The van der Waals surface area contributed by atoms with Gasteiger partial charge in [-0.25, -0.2) is 9.78 Å². The summed E-state index contributed by atoms with van der Waals surface area (Å²) in [5.74, 6) is -2.80. The third kappa shape index (κ3) is 2.88. The topological polar surface area (TPSA) is 117 Å².